The fourth-order valence-electron chi connectivity index (χ4n) is 3.07. The molecule has 0 spiro atoms. The molecule has 5 nitrogen and oxygen atoms in total. The summed E-state index contributed by atoms with van der Waals surface area (Å²) in [4.78, 5) is 0.234. The zero-order valence-corrected chi connectivity index (χ0v) is 17.9. The van der Waals surface area contributed by atoms with Gasteiger partial charge in [0.2, 0.25) is 0 Å². The molecule has 0 bridgehead atoms. The van der Waals surface area contributed by atoms with Crippen LogP contribution in [-0.2, 0) is 16.6 Å². The van der Waals surface area contributed by atoms with E-state index >= 15 is 0 Å². The third-order valence-corrected chi connectivity index (χ3v) is 6.43. The topological polar surface area (TPSA) is 55.8 Å². The first-order valence-corrected chi connectivity index (χ1v) is 10.7. The molecule has 0 aliphatic carbocycles. The molecule has 6 heteroatoms. The number of ether oxygens (including phenoxy) is 2. The summed E-state index contributed by atoms with van der Waals surface area (Å²) < 4.78 is 39.2. The van der Waals surface area contributed by atoms with E-state index in [4.69, 9.17) is 9.47 Å². The molecule has 152 valence electrons. The maximum atomic E-state index is 13.6. The van der Waals surface area contributed by atoms with E-state index < -0.39 is 10.0 Å². The van der Waals surface area contributed by atoms with Gasteiger partial charge in [0.1, 0.15) is 11.5 Å². The normalized spacial score (nSPS) is 11.2. The Morgan fingerprint density at radius 1 is 0.793 bits per heavy atom. The maximum Gasteiger partial charge on any atom is 0.264 e. The van der Waals surface area contributed by atoms with Crippen molar-refractivity contribution in [2.24, 2.45) is 0 Å². The molecule has 3 aromatic rings. The van der Waals surface area contributed by atoms with E-state index in [2.05, 4.69) is 0 Å². The Balaban J connectivity index is 2.15. The number of rotatable bonds is 7. The van der Waals surface area contributed by atoms with Gasteiger partial charge in [0, 0.05) is 18.2 Å². The fourth-order valence-corrected chi connectivity index (χ4v) is 4.50. The third-order valence-electron chi connectivity index (χ3n) is 4.64. The molecule has 0 aromatic heterocycles. The van der Waals surface area contributed by atoms with E-state index in [1.54, 1.807) is 42.5 Å². The largest absolute Gasteiger partial charge is 0.497 e. The Labute approximate surface area is 172 Å². The number of anilines is 1. The van der Waals surface area contributed by atoms with Crippen LogP contribution in [0.25, 0.3) is 0 Å². The highest BCUT2D eigenvalue weighted by Gasteiger charge is 2.26. The van der Waals surface area contributed by atoms with Gasteiger partial charge < -0.3 is 9.47 Å². The Morgan fingerprint density at radius 2 is 1.41 bits per heavy atom. The zero-order chi connectivity index (χ0) is 21.0. The first kappa shape index (κ1) is 20.7. The molecule has 0 heterocycles. The predicted molar refractivity (Wildman–Crippen MR) is 115 cm³/mol. The maximum absolute atomic E-state index is 13.6. The van der Waals surface area contributed by atoms with Gasteiger partial charge in [-0.1, -0.05) is 47.5 Å². The SMILES string of the molecule is COc1cc(OC)cc(N(Cc2cccc(C)c2)S(=O)(=O)c2ccc(C)cc2)c1. The molecule has 0 saturated heterocycles. The second-order valence-electron chi connectivity index (χ2n) is 6.88. The highest BCUT2D eigenvalue weighted by atomic mass is 32.2. The summed E-state index contributed by atoms with van der Waals surface area (Å²) in [7, 11) is -0.730. The average Bonchev–Trinajstić information content (AvgIpc) is 2.71. The minimum absolute atomic E-state index is 0.189. The lowest BCUT2D eigenvalue weighted by molar-refractivity contribution is 0.394. The fraction of sp³-hybridized carbons (Fsp3) is 0.217. The van der Waals surface area contributed by atoms with Crippen LogP contribution in [0.15, 0.2) is 71.6 Å². The summed E-state index contributed by atoms with van der Waals surface area (Å²) in [6.07, 6.45) is 0. The Morgan fingerprint density at radius 3 is 1.97 bits per heavy atom. The highest BCUT2D eigenvalue weighted by molar-refractivity contribution is 7.92. The number of aryl methyl sites for hydroxylation is 2. The van der Waals surface area contributed by atoms with E-state index in [0.717, 1.165) is 16.7 Å². The zero-order valence-electron chi connectivity index (χ0n) is 17.0. The van der Waals surface area contributed by atoms with Crippen LogP contribution in [0.3, 0.4) is 0 Å². The molecule has 0 atom stereocenters. The summed E-state index contributed by atoms with van der Waals surface area (Å²) in [6, 6.07) is 19.8. The van der Waals surface area contributed by atoms with Crippen molar-refractivity contribution < 1.29 is 17.9 Å². The molecule has 0 N–H and O–H groups in total. The van der Waals surface area contributed by atoms with Gasteiger partial charge in [0.25, 0.3) is 10.0 Å². The van der Waals surface area contributed by atoms with Crippen LogP contribution in [0.4, 0.5) is 5.69 Å². The molecule has 0 amide bonds. The molecule has 0 saturated carbocycles. The third kappa shape index (κ3) is 4.71. The minimum Gasteiger partial charge on any atom is -0.497 e. The first-order valence-electron chi connectivity index (χ1n) is 9.21. The van der Waals surface area contributed by atoms with Crippen LogP contribution >= 0.6 is 0 Å². The number of sulfonamides is 1. The van der Waals surface area contributed by atoms with Gasteiger partial charge in [0.05, 0.1) is 31.3 Å². The van der Waals surface area contributed by atoms with Crippen LogP contribution in [0, 0.1) is 13.8 Å². The lowest BCUT2D eigenvalue weighted by atomic mass is 10.1. The number of hydrogen-bond donors (Lipinski definition) is 0. The van der Waals surface area contributed by atoms with Crippen LogP contribution < -0.4 is 13.8 Å². The van der Waals surface area contributed by atoms with E-state index in [9.17, 15) is 8.42 Å². The lowest BCUT2D eigenvalue weighted by Gasteiger charge is -2.26. The van der Waals surface area contributed by atoms with Gasteiger partial charge in [-0.05, 0) is 31.5 Å². The van der Waals surface area contributed by atoms with Gasteiger partial charge in [-0.15, -0.1) is 0 Å². The van der Waals surface area contributed by atoms with Gasteiger partial charge in [0.15, 0.2) is 0 Å². The van der Waals surface area contributed by atoms with Crippen molar-refractivity contribution >= 4 is 15.7 Å². The van der Waals surface area contributed by atoms with Crippen molar-refractivity contribution in [3.05, 3.63) is 83.4 Å². The van der Waals surface area contributed by atoms with E-state index in [-0.39, 0.29) is 11.4 Å². The first-order chi connectivity index (χ1) is 13.8. The second kappa shape index (κ2) is 8.57. The molecule has 29 heavy (non-hydrogen) atoms. The average molecular weight is 412 g/mol. The Hall–Kier alpha value is -2.99. The van der Waals surface area contributed by atoms with Gasteiger partial charge in [-0.2, -0.15) is 0 Å². The molecule has 0 aliphatic heterocycles. The van der Waals surface area contributed by atoms with Crippen molar-refractivity contribution in [3.63, 3.8) is 0 Å². The van der Waals surface area contributed by atoms with Crippen molar-refractivity contribution in [1.29, 1.82) is 0 Å². The summed E-state index contributed by atoms with van der Waals surface area (Å²) in [6.45, 7) is 4.10. The summed E-state index contributed by atoms with van der Waals surface area (Å²) >= 11 is 0. The monoisotopic (exact) mass is 411 g/mol. The van der Waals surface area contributed by atoms with E-state index in [1.165, 1.54) is 18.5 Å². The van der Waals surface area contributed by atoms with Crippen molar-refractivity contribution in [3.8, 4) is 11.5 Å². The Kier molecular flexibility index (Phi) is 6.13. The quantitative estimate of drug-likeness (QED) is 0.565. The summed E-state index contributed by atoms with van der Waals surface area (Å²) in [5.41, 5.74) is 3.43. The smallest absolute Gasteiger partial charge is 0.264 e. The molecule has 3 rings (SSSR count). The molecule has 3 aromatic carbocycles. The Bertz CT molecular complexity index is 1070. The van der Waals surface area contributed by atoms with Crippen LogP contribution in [0.1, 0.15) is 16.7 Å². The van der Waals surface area contributed by atoms with Crippen LogP contribution in [0.2, 0.25) is 0 Å². The van der Waals surface area contributed by atoms with Crippen LogP contribution in [0.5, 0.6) is 11.5 Å². The lowest BCUT2D eigenvalue weighted by Crippen LogP contribution is -2.30. The predicted octanol–water partition coefficient (Wildman–Crippen LogP) is 4.72. The van der Waals surface area contributed by atoms with Crippen molar-refractivity contribution in [2.75, 3.05) is 18.5 Å². The molecule has 0 fully saturated rings. The molecule has 0 unspecified atom stereocenters. The number of hydrogen-bond acceptors (Lipinski definition) is 4. The standard InChI is InChI=1S/C23H25NO4S/c1-17-8-10-23(11-9-17)29(25,26)24(16-19-7-5-6-18(2)12-19)20-13-21(27-3)15-22(14-20)28-4/h5-15H,16H2,1-4H3. The van der Waals surface area contributed by atoms with Gasteiger partial charge >= 0.3 is 0 Å². The van der Waals surface area contributed by atoms with Crippen molar-refractivity contribution in [2.45, 2.75) is 25.3 Å². The summed E-state index contributed by atoms with van der Waals surface area (Å²) in [5.74, 6) is 1.04. The molecular formula is C23H25NO4S. The van der Waals surface area contributed by atoms with E-state index in [0.29, 0.717) is 17.2 Å². The minimum atomic E-state index is -3.81. The van der Waals surface area contributed by atoms with Crippen molar-refractivity contribution in [1.82, 2.24) is 0 Å². The molecular weight excluding hydrogens is 386 g/mol. The molecule has 0 aliphatic rings. The number of nitrogens with zero attached hydrogens (tertiary/aromatic N) is 1. The highest BCUT2D eigenvalue weighted by Crippen LogP contribution is 2.33. The number of benzene rings is 3. The van der Waals surface area contributed by atoms with Crippen LogP contribution in [-0.4, -0.2) is 22.6 Å². The second-order valence-corrected chi connectivity index (χ2v) is 8.75. The number of methoxy groups -OCH3 is 2. The van der Waals surface area contributed by atoms with Gasteiger partial charge in [-0.25, -0.2) is 8.42 Å². The van der Waals surface area contributed by atoms with E-state index in [1.807, 2.05) is 38.1 Å². The van der Waals surface area contributed by atoms with Gasteiger partial charge in [-0.3, -0.25) is 4.31 Å². The molecule has 0 radical (unpaired) electrons. The summed E-state index contributed by atoms with van der Waals surface area (Å²) in [5, 5.41) is 0.